The van der Waals surface area contributed by atoms with Crippen LogP contribution in [-0.4, -0.2) is 30.6 Å². The summed E-state index contributed by atoms with van der Waals surface area (Å²) in [6.07, 6.45) is -0.639. The van der Waals surface area contributed by atoms with Crippen LogP contribution < -0.4 is 5.30 Å². The lowest BCUT2D eigenvalue weighted by molar-refractivity contribution is -0.121. The highest BCUT2D eigenvalue weighted by molar-refractivity contribution is 7.66. The zero-order valence-corrected chi connectivity index (χ0v) is 11.1. The van der Waals surface area contributed by atoms with Crippen molar-refractivity contribution in [3.63, 3.8) is 0 Å². The van der Waals surface area contributed by atoms with Crippen molar-refractivity contribution < 1.29 is 18.9 Å². The molecule has 5 heteroatoms. The van der Waals surface area contributed by atoms with Crippen molar-refractivity contribution >= 4 is 12.7 Å². The van der Waals surface area contributed by atoms with Gasteiger partial charge in [0.15, 0.2) is 6.29 Å². The Morgan fingerprint density at radius 1 is 1.18 bits per heavy atom. The van der Waals surface area contributed by atoms with E-state index >= 15 is 0 Å². The summed E-state index contributed by atoms with van der Waals surface area (Å²) in [5.41, 5.74) is 0. The highest BCUT2D eigenvalue weighted by Gasteiger charge is 2.26. The summed E-state index contributed by atoms with van der Waals surface area (Å²) in [6.45, 7) is 4.58. The number of hydrogen-bond donors (Lipinski definition) is 1. The van der Waals surface area contributed by atoms with E-state index in [1.807, 2.05) is 19.9 Å². The van der Waals surface area contributed by atoms with Crippen molar-refractivity contribution in [1.82, 2.24) is 0 Å². The fourth-order valence-electron chi connectivity index (χ4n) is 1.49. The minimum Gasteiger partial charge on any atom is -0.352 e. The van der Waals surface area contributed by atoms with E-state index in [0.29, 0.717) is 18.5 Å². The summed E-state index contributed by atoms with van der Waals surface area (Å²) in [5.74, 6) is 0. The molecular weight excluding hydrogens is 239 g/mol. The molecule has 0 radical (unpaired) electrons. The summed E-state index contributed by atoms with van der Waals surface area (Å²) in [5, 5.41) is 0.435. The molecule has 0 amide bonds. The summed E-state index contributed by atoms with van der Waals surface area (Å²) < 4.78 is 22.7. The Morgan fingerprint density at radius 2 is 1.71 bits per heavy atom. The van der Waals surface area contributed by atoms with Crippen LogP contribution in [0.1, 0.15) is 13.8 Å². The Morgan fingerprint density at radius 3 is 2.18 bits per heavy atom. The molecule has 1 unspecified atom stereocenters. The standard InChI is InChI=1S/C12H19O4P/c1-3-15-12(16-4-2)10-17(13,14)11-8-6-5-7-9-11/h5-9,12H,3-4,10H2,1-2H3,(H,13,14). The zero-order valence-electron chi connectivity index (χ0n) is 10.2. The Bertz CT molecular complexity index is 360. The van der Waals surface area contributed by atoms with Crippen LogP contribution in [0.25, 0.3) is 0 Å². The highest BCUT2D eigenvalue weighted by atomic mass is 31.2. The van der Waals surface area contributed by atoms with E-state index < -0.39 is 13.7 Å². The van der Waals surface area contributed by atoms with E-state index in [1.165, 1.54) is 0 Å². The first-order valence-electron chi connectivity index (χ1n) is 5.70. The van der Waals surface area contributed by atoms with Crippen molar-refractivity contribution in [2.24, 2.45) is 0 Å². The van der Waals surface area contributed by atoms with Gasteiger partial charge >= 0.3 is 0 Å². The molecule has 0 heterocycles. The second-order valence-electron chi connectivity index (χ2n) is 3.56. The summed E-state index contributed by atoms with van der Waals surface area (Å²) >= 11 is 0. The zero-order chi connectivity index (χ0) is 12.7. The third-order valence-electron chi connectivity index (χ3n) is 2.26. The number of rotatable bonds is 7. The number of benzene rings is 1. The Labute approximate surface area is 102 Å². The second-order valence-corrected chi connectivity index (χ2v) is 5.84. The molecular formula is C12H19O4P. The monoisotopic (exact) mass is 258 g/mol. The Balaban J connectivity index is 2.73. The quantitative estimate of drug-likeness (QED) is 0.600. The number of ether oxygens (including phenoxy) is 2. The van der Waals surface area contributed by atoms with Gasteiger partial charge in [-0.3, -0.25) is 4.57 Å². The molecule has 1 N–H and O–H groups in total. The van der Waals surface area contributed by atoms with Crippen molar-refractivity contribution in [3.8, 4) is 0 Å². The van der Waals surface area contributed by atoms with E-state index in [-0.39, 0.29) is 6.16 Å². The van der Waals surface area contributed by atoms with Crippen LogP contribution >= 0.6 is 7.37 Å². The minimum absolute atomic E-state index is 0.0152. The third kappa shape index (κ3) is 4.60. The average molecular weight is 258 g/mol. The fraction of sp³-hybridized carbons (Fsp3) is 0.500. The predicted octanol–water partition coefficient (Wildman–Crippen LogP) is 1.98. The van der Waals surface area contributed by atoms with Gasteiger partial charge in [0, 0.05) is 18.5 Å². The van der Waals surface area contributed by atoms with Gasteiger partial charge in [-0.2, -0.15) is 0 Å². The lowest BCUT2D eigenvalue weighted by Gasteiger charge is -2.20. The van der Waals surface area contributed by atoms with Crippen LogP contribution in [-0.2, 0) is 14.0 Å². The molecule has 0 spiro atoms. The van der Waals surface area contributed by atoms with Crippen LogP contribution in [0, 0.1) is 0 Å². The molecule has 0 aliphatic carbocycles. The summed E-state index contributed by atoms with van der Waals surface area (Å²) in [7, 11) is -3.41. The molecule has 96 valence electrons. The van der Waals surface area contributed by atoms with E-state index in [9.17, 15) is 9.46 Å². The first kappa shape index (κ1) is 14.4. The van der Waals surface area contributed by atoms with Gasteiger partial charge in [0.2, 0.25) is 7.37 Å². The normalized spacial score (nSPS) is 14.8. The summed E-state index contributed by atoms with van der Waals surface area (Å²) in [6, 6.07) is 8.60. The molecule has 1 aromatic carbocycles. The van der Waals surface area contributed by atoms with Crippen molar-refractivity contribution in [2.75, 3.05) is 19.4 Å². The van der Waals surface area contributed by atoms with Gasteiger partial charge in [0.05, 0.1) is 6.16 Å². The van der Waals surface area contributed by atoms with Crippen LogP contribution in [0.4, 0.5) is 0 Å². The molecule has 0 aliphatic heterocycles. The first-order valence-corrected chi connectivity index (χ1v) is 7.55. The van der Waals surface area contributed by atoms with Gasteiger partial charge in [-0.15, -0.1) is 0 Å². The van der Waals surface area contributed by atoms with E-state index in [1.54, 1.807) is 24.3 Å². The van der Waals surface area contributed by atoms with Crippen LogP contribution in [0.3, 0.4) is 0 Å². The minimum atomic E-state index is -3.41. The molecule has 17 heavy (non-hydrogen) atoms. The molecule has 1 atom stereocenters. The lowest BCUT2D eigenvalue weighted by atomic mass is 10.4. The van der Waals surface area contributed by atoms with Crippen LogP contribution in [0.2, 0.25) is 0 Å². The smallest absolute Gasteiger partial charge is 0.234 e. The first-order chi connectivity index (χ1) is 8.10. The van der Waals surface area contributed by atoms with Crippen LogP contribution in [0.5, 0.6) is 0 Å². The van der Waals surface area contributed by atoms with Crippen LogP contribution in [0.15, 0.2) is 30.3 Å². The molecule has 0 aliphatic rings. The topological polar surface area (TPSA) is 55.8 Å². The van der Waals surface area contributed by atoms with Gasteiger partial charge < -0.3 is 14.4 Å². The van der Waals surface area contributed by atoms with Gasteiger partial charge in [0.25, 0.3) is 0 Å². The fourth-order valence-corrected chi connectivity index (χ4v) is 2.96. The molecule has 0 bridgehead atoms. The number of hydrogen-bond acceptors (Lipinski definition) is 3. The van der Waals surface area contributed by atoms with Crippen molar-refractivity contribution in [1.29, 1.82) is 0 Å². The predicted molar refractivity (Wildman–Crippen MR) is 67.8 cm³/mol. The maximum atomic E-state index is 12.2. The van der Waals surface area contributed by atoms with Gasteiger partial charge in [-0.25, -0.2) is 0 Å². The highest BCUT2D eigenvalue weighted by Crippen LogP contribution is 2.40. The molecule has 4 nitrogen and oxygen atoms in total. The second kappa shape index (κ2) is 6.92. The Hall–Kier alpha value is -0.670. The van der Waals surface area contributed by atoms with Gasteiger partial charge in [-0.1, -0.05) is 18.2 Å². The summed E-state index contributed by atoms with van der Waals surface area (Å²) in [4.78, 5) is 10.0. The molecule has 0 saturated carbocycles. The van der Waals surface area contributed by atoms with E-state index in [2.05, 4.69) is 0 Å². The molecule has 0 saturated heterocycles. The average Bonchev–Trinajstić information content (AvgIpc) is 2.30. The van der Waals surface area contributed by atoms with Crippen molar-refractivity contribution in [3.05, 3.63) is 30.3 Å². The maximum absolute atomic E-state index is 12.2. The molecule has 1 aromatic rings. The van der Waals surface area contributed by atoms with E-state index in [0.717, 1.165) is 0 Å². The molecule has 1 rings (SSSR count). The van der Waals surface area contributed by atoms with Gasteiger partial charge in [0.1, 0.15) is 0 Å². The van der Waals surface area contributed by atoms with Gasteiger partial charge in [-0.05, 0) is 26.0 Å². The molecule has 0 fully saturated rings. The maximum Gasteiger partial charge on any atom is 0.234 e. The third-order valence-corrected chi connectivity index (χ3v) is 4.16. The van der Waals surface area contributed by atoms with E-state index in [4.69, 9.17) is 9.47 Å². The molecule has 0 aromatic heterocycles. The van der Waals surface area contributed by atoms with Crippen molar-refractivity contribution in [2.45, 2.75) is 20.1 Å². The Kier molecular flexibility index (Phi) is 5.86. The largest absolute Gasteiger partial charge is 0.352 e. The lowest BCUT2D eigenvalue weighted by Crippen LogP contribution is -2.24. The SMILES string of the molecule is CCOC(CP(=O)(O)c1ccccc1)OCC.